The van der Waals surface area contributed by atoms with E-state index in [0.717, 1.165) is 6.54 Å². The van der Waals surface area contributed by atoms with Crippen molar-refractivity contribution in [2.45, 2.75) is 52.0 Å². The summed E-state index contributed by atoms with van der Waals surface area (Å²) in [5.41, 5.74) is 9.18. The van der Waals surface area contributed by atoms with Gasteiger partial charge in [-0.05, 0) is 37.3 Å². The molecule has 1 unspecified atom stereocenters. The Morgan fingerprint density at radius 1 is 1.11 bits per heavy atom. The van der Waals surface area contributed by atoms with Gasteiger partial charge in [-0.25, -0.2) is 0 Å². The number of anilines is 1. The zero-order valence-corrected chi connectivity index (χ0v) is 12.9. The lowest BCUT2D eigenvalue weighted by Gasteiger charge is -2.55. The van der Waals surface area contributed by atoms with E-state index in [4.69, 9.17) is 5.73 Å². The Balaban J connectivity index is 2.37. The maximum Gasteiger partial charge on any atom is 0.0571 e. The molecule has 0 spiro atoms. The molecule has 0 aromatic heterocycles. The number of likely N-dealkylation sites (N-methyl/N-ethyl adjacent to an activating group) is 1. The molecular formula is C17H28N2. The number of hydrogen-bond donors (Lipinski definition) is 1. The van der Waals surface area contributed by atoms with Crippen molar-refractivity contribution in [1.29, 1.82) is 0 Å². The van der Waals surface area contributed by atoms with E-state index in [9.17, 15) is 0 Å². The van der Waals surface area contributed by atoms with Crippen molar-refractivity contribution in [1.82, 2.24) is 0 Å². The number of benzene rings is 1. The van der Waals surface area contributed by atoms with Gasteiger partial charge in [0.05, 0.1) is 5.54 Å². The SMILES string of the molecule is Cc1ccc(N(C)C2(CN)CCCCC2(C)C)cc1. The fourth-order valence-electron chi connectivity index (χ4n) is 3.71. The third-order valence-electron chi connectivity index (χ3n) is 5.30. The predicted molar refractivity (Wildman–Crippen MR) is 83.6 cm³/mol. The van der Waals surface area contributed by atoms with Gasteiger partial charge in [0.2, 0.25) is 0 Å². The van der Waals surface area contributed by atoms with E-state index < -0.39 is 0 Å². The minimum Gasteiger partial charge on any atom is -0.367 e. The predicted octanol–water partition coefficient (Wildman–Crippen LogP) is 3.73. The Hall–Kier alpha value is -1.02. The van der Waals surface area contributed by atoms with Crippen LogP contribution in [0.4, 0.5) is 5.69 Å². The highest BCUT2D eigenvalue weighted by Crippen LogP contribution is 2.47. The Morgan fingerprint density at radius 3 is 2.21 bits per heavy atom. The van der Waals surface area contributed by atoms with Crippen molar-refractivity contribution in [3.05, 3.63) is 29.8 Å². The van der Waals surface area contributed by atoms with Gasteiger partial charge in [0.25, 0.3) is 0 Å². The van der Waals surface area contributed by atoms with Crippen molar-refractivity contribution in [2.75, 3.05) is 18.5 Å². The van der Waals surface area contributed by atoms with Gasteiger partial charge in [0.15, 0.2) is 0 Å². The van der Waals surface area contributed by atoms with E-state index in [0.29, 0.717) is 0 Å². The molecule has 2 heteroatoms. The average molecular weight is 260 g/mol. The molecule has 1 aromatic carbocycles. The van der Waals surface area contributed by atoms with Crippen LogP contribution < -0.4 is 10.6 Å². The van der Waals surface area contributed by atoms with Crippen molar-refractivity contribution >= 4 is 5.69 Å². The second-order valence-electron chi connectivity index (χ2n) is 6.72. The molecule has 0 aliphatic heterocycles. The first-order valence-corrected chi connectivity index (χ1v) is 7.43. The van der Waals surface area contributed by atoms with Crippen LogP contribution in [0.15, 0.2) is 24.3 Å². The molecule has 1 aliphatic rings. The van der Waals surface area contributed by atoms with Gasteiger partial charge in [0, 0.05) is 19.3 Å². The summed E-state index contributed by atoms with van der Waals surface area (Å²) in [7, 11) is 2.21. The first-order valence-electron chi connectivity index (χ1n) is 7.43. The minimum atomic E-state index is 0.0838. The topological polar surface area (TPSA) is 29.3 Å². The van der Waals surface area contributed by atoms with Gasteiger partial charge in [-0.15, -0.1) is 0 Å². The zero-order valence-electron chi connectivity index (χ0n) is 12.9. The molecule has 1 saturated carbocycles. The number of nitrogens with zero attached hydrogens (tertiary/aromatic N) is 1. The molecule has 1 atom stereocenters. The van der Waals surface area contributed by atoms with E-state index in [1.54, 1.807) is 0 Å². The summed E-state index contributed by atoms with van der Waals surface area (Å²) in [6.07, 6.45) is 5.08. The normalized spacial score (nSPS) is 26.2. The van der Waals surface area contributed by atoms with E-state index in [-0.39, 0.29) is 11.0 Å². The Bertz CT molecular complexity index is 421. The first-order chi connectivity index (χ1) is 8.93. The second kappa shape index (κ2) is 5.16. The maximum absolute atomic E-state index is 6.24. The molecule has 1 fully saturated rings. The number of nitrogens with two attached hydrogens (primary N) is 1. The van der Waals surface area contributed by atoms with E-state index in [1.807, 2.05) is 0 Å². The van der Waals surface area contributed by atoms with Crippen molar-refractivity contribution < 1.29 is 0 Å². The smallest absolute Gasteiger partial charge is 0.0571 e. The van der Waals surface area contributed by atoms with Crippen LogP contribution in [-0.2, 0) is 0 Å². The number of aryl methyl sites for hydroxylation is 1. The molecule has 0 heterocycles. The van der Waals surface area contributed by atoms with E-state index in [2.05, 4.69) is 57.0 Å². The molecular weight excluding hydrogens is 232 g/mol. The zero-order chi connectivity index (χ0) is 14.1. The number of rotatable bonds is 3. The van der Waals surface area contributed by atoms with Gasteiger partial charge in [-0.3, -0.25) is 0 Å². The first kappa shape index (κ1) is 14.4. The van der Waals surface area contributed by atoms with Crippen molar-refractivity contribution in [3.63, 3.8) is 0 Å². The molecule has 0 radical (unpaired) electrons. The molecule has 106 valence electrons. The van der Waals surface area contributed by atoms with Crippen LogP contribution in [0.5, 0.6) is 0 Å². The lowest BCUT2D eigenvalue weighted by molar-refractivity contribution is 0.101. The summed E-state index contributed by atoms with van der Waals surface area (Å²) >= 11 is 0. The van der Waals surface area contributed by atoms with Crippen LogP contribution in [0.2, 0.25) is 0 Å². The summed E-state index contributed by atoms with van der Waals surface area (Å²) in [4.78, 5) is 2.44. The average Bonchev–Trinajstić information content (AvgIpc) is 2.39. The summed E-state index contributed by atoms with van der Waals surface area (Å²) in [5.74, 6) is 0. The van der Waals surface area contributed by atoms with Crippen LogP contribution in [0.1, 0.15) is 45.1 Å². The van der Waals surface area contributed by atoms with Gasteiger partial charge in [-0.2, -0.15) is 0 Å². The summed E-state index contributed by atoms with van der Waals surface area (Å²) < 4.78 is 0. The molecule has 19 heavy (non-hydrogen) atoms. The highest BCUT2D eigenvalue weighted by Gasteiger charge is 2.48. The Kier molecular flexibility index (Phi) is 3.91. The molecule has 0 amide bonds. The molecule has 2 nitrogen and oxygen atoms in total. The molecule has 2 N–H and O–H groups in total. The van der Waals surface area contributed by atoms with Crippen LogP contribution in [-0.4, -0.2) is 19.1 Å². The number of hydrogen-bond acceptors (Lipinski definition) is 2. The third-order valence-corrected chi connectivity index (χ3v) is 5.30. The van der Waals surface area contributed by atoms with Gasteiger partial charge < -0.3 is 10.6 Å². The standard InChI is InChI=1S/C17H28N2/c1-14-7-9-15(10-8-14)19(4)17(13-18)12-6-5-11-16(17,2)3/h7-10H,5-6,11-13,18H2,1-4H3. The van der Waals surface area contributed by atoms with Crippen molar-refractivity contribution in [2.24, 2.45) is 11.1 Å². The molecule has 0 bridgehead atoms. The molecule has 1 aliphatic carbocycles. The fraction of sp³-hybridized carbons (Fsp3) is 0.647. The lowest BCUT2D eigenvalue weighted by Crippen LogP contribution is -2.63. The quantitative estimate of drug-likeness (QED) is 0.897. The summed E-state index contributed by atoms with van der Waals surface area (Å²) in [6, 6.07) is 8.81. The highest BCUT2D eigenvalue weighted by molar-refractivity contribution is 5.50. The second-order valence-corrected chi connectivity index (χ2v) is 6.72. The monoisotopic (exact) mass is 260 g/mol. The molecule has 0 saturated heterocycles. The Labute approximate surface area is 118 Å². The van der Waals surface area contributed by atoms with Crippen LogP contribution in [0, 0.1) is 12.3 Å². The summed E-state index contributed by atoms with van der Waals surface area (Å²) in [6.45, 7) is 7.62. The van der Waals surface area contributed by atoms with Gasteiger partial charge >= 0.3 is 0 Å². The third kappa shape index (κ3) is 2.38. The lowest BCUT2D eigenvalue weighted by atomic mass is 9.62. The molecule has 2 rings (SSSR count). The minimum absolute atomic E-state index is 0.0838. The van der Waals surface area contributed by atoms with Gasteiger partial charge in [0.1, 0.15) is 0 Å². The maximum atomic E-state index is 6.24. The highest BCUT2D eigenvalue weighted by atomic mass is 15.2. The fourth-order valence-corrected chi connectivity index (χ4v) is 3.71. The summed E-state index contributed by atoms with van der Waals surface area (Å²) in [5, 5.41) is 0. The van der Waals surface area contributed by atoms with Crippen molar-refractivity contribution in [3.8, 4) is 0 Å². The van der Waals surface area contributed by atoms with Crippen LogP contribution in [0.25, 0.3) is 0 Å². The largest absolute Gasteiger partial charge is 0.367 e. The molecule has 1 aromatic rings. The van der Waals surface area contributed by atoms with E-state index >= 15 is 0 Å². The van der Waals surface area contributed by atoms with E-state index in [1.165, 1.54) is 36.9 Å². The van der Waals surface area contributed by atoms with Crippen LogP contribution in [0.3, 0.4) is 0 Å². The van der Waals surface area contributed by atoms with Crippen LogP contribution >= 0.6 is 0 Å². The van der Waals surface area contributed by atoms with Gasteiger partial charge in [-0.1, -0.05) is 44.4 Å². The Morgan fingerprint density at radius 2 is 1.68 bits per heavy atom.